The van der Waals surface area contributed by atoms with Crippen molar-refractivity contribution in [1.29, 1.82) is 0 Å². The molecule has 9 heteroatoms. The van der Waals surface area contributed by atoms with Gasteiger partial charge in [-0.3, -0.25) is 14.0 Å². The third kappa shape index (κ3) is 2.63. The van der Waals surface area contributed by atoms with E-state index in [2.05, 4.69) is 15.3 Å². The minimum Gasteiger partial charge on any atom is -0.481 e. The number of rotatable bonds is 5. The van der Waals surface area contributed by atoms with E-state index < -0.39 is 5.97 Å². The van der Waals surface area contributed by atoms with Crippen LogP contribution < -0.4 is 0 Å². The van der Waals surface area contributed by atoms with Crippen LogP contribution in [0.5, 0.6) is 0 Å². The van der Waals surface area contributed by atoms with Crippen molar-refractivity contribution in [3.63, 3.8) is 0 Å². The van der Waals surface area contributed by atoms with Crippen molar-refractivity contribution in [3.05, 3.63) is 29.8 Å². The van der Waals surface area contributed by atoms with E-state index in [0.29, 0.717) is 5.16 Å². The number of thiophene rings is 1. The van der Waals surface area contributed by atoms with E-state index in [-0.39, 0.29) is 5.75 Å². The molecule has 124 valence electrons. The summed E-state index contributed by atoms with van der Waals surface area (Å²) in [4.78, 5) is 12.1. The Morgan fingerprint density at radius 3 is 3.00 bits per heavy atom. The zero-order chi connectivity index (χ0) is 16.7. The quantitative estimate of drug-likeness (QED) is 0.702. The van der Waals surface area contributed by atoms with E-state index in [4.69, 9.17) is 5.11 Å². The highest BCUT2D eigenvalue weighted by atomic mass is 32.2. The first-order valence-corrected chi connectivity index (χ1v) is 9.32. The fourth-order valence-electron chi connectivity index (χ4n) is 3.00. The fraction of sp³-hybridized carbons (Fsp3) is 0.333. The minimum atomic E-state index is -0.859. The van der Waals surface area contributed by atoms with Gasteiger partial charge in [-0.25, -0.2) is 0 Å². The topological polar surface area (TPSA) is 85.8 Å². The number of aliphatic carboxylic acids is 1. The molecule has 7 nitrogen and oxygen atoms in total. The van der Waals surface area contributed by atoms with Gasteiger partial charge in [-0.15, -0.1) is 21.5 Å². The number of carbonyl (C=O) groups is 1. The maximum atomic E-state index is 10.8. The number of aromatic nitrogens is 5. The second-order valence-corrected chi connectivity index (χ2v) is 7.56. The first-order valence-electron chi connectivity index (χ1n) is 7.52. The normalized spacial score (nSPS) is 13.4. The number of thioether (sulfide) groups is 1. The van der Waals surface area contributed by atoms with Gasteiger partial charge in [-0.2, -0.15) is 5.10 Å². The van der Waals surface area contributed by atoms with Crippen molar-refractivity contribution < 1.29 is 9.90 Å². The Labute approximate surface area is 146 Å². The second-order valence-electron chi connectivity index (χ2n) is 5.62. The van der Waals surface area contributed by atoms with Crippen LogP contribution in [0.3, 0.4) is 0 Å². The molecule has 0 saturated heterocycles. The summed E-state index contributed by atoms with van der Waals surface area (Å²) in [6, 6.07) is 0. The Bertz CT molecular complexity index is 911. The van der Waals surface area contributed by atoms with Gasteiger partial charge >= 0.3 is 5.97 Å². The molecule has 0 aromatic carbocycles. The number of carboxylic acid groups (broad SMARTS) is 1. The van der Waals surface area contributed by atoms with Gasteiger partial charge < -0.3 is 5.11 Å². The SMILES string of the molecule is Cn1cc(-c2sc(-n3cnnc3SCC(=O)O)c3c2CCC3)cn1. The molecule has 3 heterocycles. The van der Waals surface area contributed by atoms with Crippen LogP contribution in [-0.2, 0) is 24.7 Å². The smallest absolute Gasteiger partial charge is 0.313 e. The molecule has 0 amide bonds. The number of aryl methyl sites for hydroxylation is 1. The van der Waals surface area contributed by atoms with E-state index in [9.17, 15) is 4.79 Å². The molecule has 1 aliphatic carbocycles. The van der Waals surface area contributed by atoms with Crippen molar-refractivity contribution in [1.82, 2.24) is 24.5 Å². The number of hydrogen-bond acceptors (Lipinski definition) is 6. The van der Waals surface area contributed by atoms with Crippen LogP contribution in [-0.4, -0.2) is 41.4 Å². The average molecular weight is 361 g/mol. The highest BCUT2D eigenvalue weighted by Crippen LogP contribution is 2.44. The molecule has 0 atom stereocenters. The second kappa shape index (κ2) is 6.06. The third-order valence-corrected chi connectivity index (χ3v) is 6.23. The van der Waals surface area contributed by atoms with Crippen molar-refractivity contribution >= 4 is 29.1 Å². The first-order chi connectivity index (χ1) is 11.6. The van der Waals surface area contributed by atoms with Crippen LogP contribution in [0, 0.1) is 0 Å². The number of hydrogen-bond donors (Lipinski definition) is 1. The van der Waals surface area contributed by atoms with E-state index in [1.54, 1.807) is 17.7 Å². The summed E-state index contributed by atoms with van der Waals surface area (Å²) in [6.45, 7) is 0. The summed E-state index contributed by atoms with van der Waals surface area (Å²) >= 11 is 2.89. The molecule has 0 fully saturated rings. The van der Waals surface area contributed by atoms with Crippen molar-refractivity contribution in [3.8, 4) is 15.4 Å². The molecule has 0 spiro atoms. The predicted molar refractivity (Wildman–Crippen MR) is 91.8 cm³/mol. The molecular weight excluding hydrogens is 346 g/mol. The lowest BCUT2D eigenvalue weighted by Gasteiger charge is -2.04. The largest absolute Gasteiger partial charge is 0.481 e. The lowest BCUT2D eigenvalue weighted by Crippen LogP contribution is -2.01. The maximum Gasteiger partial charge on any atom is 0.313 e. The highest BCUT2D eigenvalue weighted by Gasteiger charge is 2.26. The molecule has 0 unspecified atom stereocenters. The van der Waals surface area contributed by atoms with Crippen LogP contribution in [0.2, 0.25) is 0 Å². The molecular formula is C15H15N5O2S2. The van der Waals surface area contributed by atoms with Gasteiger partial charge in [0, 0.05) is 23.7 Å². The number of carboxylic acids is 1. The zero-order valence-corrected chi connectivity index (χ0v) is 14.6. The molecule has 4 rings (SSSR count). The first kappa shape index (κ1) is 15.4. The molecule has 0 radical (unpaired) electrons. The molecule has 3 aromatic heterocycles. The molecule has 1 N–H and O–H groups in total. The number of nitrogens with zero attached hydrogens (tertiary/aromatic N) is 5. The van der Waals surface area contributed by atoms with Crippen molar-refractivity contribution in [2.45, 2.75) is 24.4 Å². The Hall–Kier alpha value is -2.13. The van der Waals surface area contributed by atoms with E-state index in [0.717, 1.165) is 29.8 Å². The Balaban J connectivity index is 1.77. The lowest BCUT2D eigenvalue weighted by atomic mass is 10.1. The van der Waals surface area contributed by atoms with E-state index in [1.807, 2.05) is 28.7 Å². The van der Waals surface area contributed by atoms with Gasteiger partial charge in [0.2, 0.25) is 0 Å². The third-order valence-electron chi connectivity index (χ3n) is 3.98. The van der Waals surface area contributed by atoms with Crippen LogP contribution in [0.25, 0.3) is 15.4 Å². The number of fused-ring (bicyclic) bond motifs is 1. The summed E-state index contributed by atoms with van der Waals surface area (Å²) in [5, 5.41) is 22.9. The monoisotopic (exact) mass is 361 g/mol. The molecule has 0 saturated carbocycles. The zero-order valence-electron chi connectivity index (χ0n) is 13.0. The molecule has 0 aliphatic heterocycles. The summed E-state index contributed by atoms with van der Waals surface area (Å²) in [7, 11) is 1.92. The van der Waals surface area contributed by atoms with Crippen molar-refractivity contribution in [2.24, 2.45) is 7.05 Å². The average Bonchev–Trinajstić information content (AvgIpc) is 3.28. The van der Waals surface area contributed by atoms with Crippen LogP contribution in [0.4, 0.5) is 0 Å². The van der Waals surface area contributed by atoms with Crippen LogP contribution in [0.1, 0.15) is 17.5 Å². The Kier molecular flexibility index (Phi) is 3.89. The molecule has 3 aromatic rings. The van der Waals surface area contributed by atoms with Crippen molar-refractivity contribution in [2.75, 3.05) is 5.75 Å². The van der Waals surface area contributed by atoms with E-state index in [1.165, 1.54) is 27.8 Å². The van der Waals surface area contributed by atoms with Gasteiger partial charge in [0.15, 0.2) is 5.16 Å². The molecule has 24 heavy (non-hydrogen) atoms. The van der Waals surface area contributed by atoms with Gasteiger partial charge in [0.25, 0.3) is 0 Å². The molecule has 1 aliphatic rings. The summed E-state index contributed by atoms with van der Waals surface area (Å²) in [6.07, 6.45) is 8.82. The summed E-state index contributed by atoms with van der Waals surface area (Å²) in [5.41, 5.74) is 3.83. The Morgan fingerprint density at radius 2 is 2.25 bits per heavy atom. The van der Waals surface area contributed by atoms with Gasteiger partial charge in [0.05, 0.1) is 11.9 Å². The maximum absolute atomic E-state index is 10.8. The Morgan fingerprint density at radius 1 is 1.42 bits per heavy atom. The van der Waals surface area contributed by atoms with E-state index >= 15 is 0 Å². The predicted octanol–water partition coefficient (Wildman–Crippen LogP) is 2.39. The fourth-order valence-corrected chi connectivity index (χ4v) is 5.04. The lowest BCUT2D eigenvalue weighted by molar-refractivity contribution is -0.133. The highest BCUT2D eigenvalue weighted by molar-refractivity contribution is 7.99. The van der Waals surface area contributed by atoms with Gasteiger partial charge in [0.1, 0.15) is 11.3 Å². The van der Waals surface area contributed by atoms with Gasteiger partial charge in [-0.1, -0.05) is 11.8 Å². The van der Waals surface area contributed by atoms with Crippen LogP contribution >= 0.6 is 23.1 Å². The summed E-state index contributed by atoms with van der Waals surface area (Å²) in [5.74, 6) is -0.885. The minimum absolute atomic E-state index is 0.0261. The summed E-state index contributed by atoms with van der Waals surface area (Å²) < 4.78 is 3.73. The van der Waals surface area contributed by atoms with Crippen LogP contribution in [0.15, 0.2) is 23.9 Å². The van der Waals surface area contributed by atoms with Gasteiger partial charge in [-0.05, 0) is 30.4 Å². The molecule has 0 bridgehead atoms. The standard InChI is InChI=1S/C15H15N5O2S2/c1-19-6-9(5-17-19)13-10-3-2-4-11(10)14(24-13)20-8-16-18-15(20)23-7-12(21)22/h5-6,8H,2-4,7H2,1H3,(H,21,22).